The lowest BCUT2D eigenvalue weighted by Crippen LogP contribution is -2.45. The highest BCUT2D eigenvalue weighted by Gasteiger charge is 2.13. The van der Waals surface area contributed by atoms with E-state index in [0.29, 0.717) is 15.2 Å². The summed E-state index contributed by atoms with van der Waals surface area (Å²) in [6, 6.07) is 12.5. The summed E-state index contributed by atoms with van der Waals surface area (Å²) in [7, 11) is 0. The van der Waals surface area contributed by atoms with Gasteiger partial charge in [-0.1, -0.05) is 51.3 Å². The summed E-state index contributed by atoms with van der Waals surface area (Å²) >= 11 is 22.1. The Morgan fingerprint density at radius 3 is 2.23 bits per heavy atom. The largest absolute Gasteiger partial charge is 0.483 e. The first-order chi connectivity index (χ1) is 14.7. The molecule has 0 aromatic heterocycles. The maximum atomic E-state index is 12.0. The van der Waals surface area contributed by atoms with Crippen LogP contribution in [0.25, 0.3) is 10.8 Å². The van der Waals surface area contributed by atoms with E-state index in [4.69, 9.17) is 32.7 Å². The van der Waals surface area contributed by atoms with Gasteiger partial charge in [0.2, 0.25) is 0 Å². The van der Waals surface area contributed by atoms with Gasteiger partial charge in [0.1, 0.15) is 5.75 Å². The molecule has 11 heteroatoms. The van der Waals surface area contributed by atoms with Crippen LogP contribution in [0.4, 0.5) is 0 Å². The van der Waals surface area contributed by atoms with E-state index in [1.54, 1.807) is 12.1 Å². The van der Waals surface area contributed by atoms with Gasteiger partial charge in [0.05, 0.1) is 14.0 Å². The van der Waals surface area contributed by atoms with E-state index in [1.807, 2.05) is 24.3 Å². The summed E-state index contributed by atoms with van der Waals surface area (Å²) in [5.74, 6) is -0.350. The molecule has 0 atom stereocenters. The molecule has 3 rings (SSSR count). The fourth-order valence-corrected chi connectivity index (χ4v) is 4.87. The average Bonchev–Trinajstić information content (AvgIpc) is 2.70. The summed E-state index contributed by atoms with van der Waals surface area (Å²) in [5, 5.41) is 2.63. The highest BCUT2D eigenvalue weighted by Crippen LogP contribution is 2.36. The lowest BCUT2D eigenvalue weighted by molar-refractivity contribution is -0.131. The first-order valence-electron chi connectivity index (χ1n) is 8.60. The first-order valence-corrected chi connectivity index (χ1v) is 11.7. The zero-order valence-electron chi connectivity index (χ0n) is 15.5. The van der Waals surface area contributed by atoms with E-state index in [2.05, 4.69) is 58.6 Å². The molecule has 162 valence electrons. The van der Waals surface area contributed by atoms with E-state index in [0.717, 1.165) is 19.7 Å². The summed E-state index contributed by atoms with van der Waals surface area (Å²) in [6.45, 7) is -0.663. The smallest absolute Gasteiger partial charge is 0.276 e. The van der Waals surface area contributed by atoms with Crippen LogP contribution < -0.4 is 20.3 Å². The molecule has 6 nitrogen and oxygen atoms in total. The monoisotopic (exact) mass is 652 g/mol. The highest BCUT2D eigenvalue weighted by atomic mass is 79.9. The number of hydrogen-bond donors (Lipinski definition) is 2. The molecule has 3 aromatic carbocycles. The molecule has 0 saturated heterocycles. The van der Waals surface area contributed by atoms with Crippen molar-refractivity contribution < 1.29 is 19.1 Å². The topological polar surface area (TPSA) is 76.7 Å². The van der Waals surface area contributed by atoms with Crippen molar-refractivity contribution in [1.29, 1.82) is 0 Å². The number of rotatable bonds is 6. The van der Waals surface area contributed by atoms with Gasteiger partial charge in [0.25, 0.3) is 11.8 Å². The molecule has 2 N–H and O–H groups in total. The van der Waals surface area contributed by atoms with Gasteiger partial charge in [-0.05, 0) is 73.0 Å². The fraction of sp³-hybridized carbons (Fsp3) is 0.100. The number of fused-ring (bicyclic) bond motifs is 1. The third kappa shape index (κ3) is 6.49. The van der Waals surface area contributed by atoms with Gasteiger partial charge < -0.3 is 9.47 Å². The second kappa shape index (κ2) is 10.9. The third-order valence-corrected chi connectivity index (χ3v) is 6.29. The molecular formula is C20H13Br3Cl2N2O4. The lowest BCUT2D eigenvalue weighted by atomic mass is 10.1. The number of carbonyl (C=O) groups is 2. The molecular weight excluding hydrogens is 643 g/mol. The molecule has 3 aromatic rings. The normalized spacial score (nSPS) is 10.6. The minimum atomic E-state index is -0.580. The summed E-state index contributed by atoms with van der Waals surface area (Å²) in [4.78, 5) is 23.9. The SMILES string of the molecule is O=C(COc1ccc2cc(Br)ccc2c1Br)NNC(=O)COc1c(Cl)cc(Cl)cc1Br. The van der Waals surface area contributed by atoms with Crippen molar-refractivity contribution in [2.45, 2.75) is 0 Å². The van der Waals surface area contributed by atoms with Crippen molar-refractivity contribution in [3.8, 4) is 11.5 Å². The van der Waals surface area contributed by atoms with Crippen molar-refractivity contribution in [1.82, 2.24) is 10.9 Å². The number of ether oxygens (including phenoxy) is 2. The van der Waals surface area contributed by atoms with Gasteiger partial charge in [-0.25, -0.2) is 0 Å². The van der Waals surface area contributed by atoms with Crippen LogP contribution in [0.15, 0.2) is 55.9 Å². The Kier molecular flexibility index (Phi) is 8.46. The molecule has 0 aliphatic carbocycles. The van der Waals surface area contributed by atoms with E-state index >= 15 is 0 Å². The molecule has 0 bridgehead atoms. The first kappa shape index (κ1) is 24.1. The van der Waals surface area contributed by atoms with Crippen LogP contribution in [-0.2, 0) is 9.59 Å². The third-order valence-electron chi connectivity index (χ3n) is 3.89. The van der Waals surface area contributed by atoms with Crippen LogP contribution in [0.2, 0.25) is 10.0 Å². The van der Waals surface area contributed by atoms with Crippen molar-refractivity contribution in [2.24, 2.45) is 0 Å². The molecule has 0 heterocycles. The molecule has 0 aliphatic heterocycles. The van der Waals surface area contributed by atoms with E-state index < -0.39 is 11.8 Å². The predicted octanol–water partition coefficient (Wildman–Crippen LogP) is 6.04. The molecule has 31 heavy (non-hydrogen) atoms. The Morgan fingerprint density at radius 1 is 0.871 bits per heavy atom. The highest BCUT2D eigenvalue weighted by molar-refractivity contribution is 9.11. The number of hydrazine groups is 1. The van der Waals surface area contributed by atoms with Crippen LogP contribution >= 0.6 is 71.0 Å². The molecule has 0 fully saturated rings. The summed E-state index contributed by atoms with van der Waals surface area (Å²) in [6.07, 6.45) is 0. The van der Waals surface area contributed by atoms with Gasteiger partial charge in [0.15, 0.2) is 19.0 Å². The van der Waals surface area contributed by atoms with Crippen LogP contribution in [-0.4, -0.2) is 25.0 Å². The number of benzene rings is 3. The number of nitrogens with one attached hydrogen (secondary N) is 2. The molecule has 0 unspecified atom stereocenters. The molecule has 0 saturated carbocycles. The Labute approximate surface area is 212 Å². The van der Waals surface area contributed by atoms with Crippen molar-refractivity contribution in [2.75, 3.05) is 13.2 Å². The quantitative estimate of drug-likeness (QED) is 0.318. The van der Waals surface area contributed by atoms with Gasteiger partial charge >= 0.3 is 0 Å². The minimum absolute atomic E-state index is 0.248. The van der Waals surface area contributed by atoms with Crippen molar-refractivity contribution in [3.63, 3.8) is 0 Å². The van der Waals surface area contributed by atoms with Gasteiger partial charge in [0, 0.05) is 9.50 Å². The molecule has 0 spiro atoms. The van der Waals surface area contributed by atoms with Gasteiger partial charge in [-0.15, -0.1) is 0 Å². The maximum Gasteiger partial charge on any atom is 0.276 e. The maximum absolute atomic E-state index is 12.0. The molecule has 0 aliphatic rings. The van der Waals surface area contributed by atoms with Crippen LogP contribution in [0.3, 0.4) is 0 Å². The van der Waals surface area contributed by atoms with Crippen LogP contribution in [0.5, 0.6) is 11.5 Å². The van der Waals surface area contributed by atoms with Crippen molar-refractivity contribution in [3.05, 3.63) is 65.9 Å². The van der Waals surface area contributed by atoms with Crippen LogP contribution in [0, 0.1) is 0 Å². The van der Waals surface area contributed by atoms with Crippen molar-refractivity contribution >= 4 is 93.6 Å². The lowest BCUT2D eigenvalue weighted by Gasteiger charge is -2.12. The number of hydrogen-bond acceptors (Lipinski definition) is 4. The van der Waals surface area contributed by atoms with E-state index in [9.17, 15) is 9.59 Å². The number of halogens is 5. The fourth-order valence-electron chi connectivity index (χ4n) is 2.51. The Bertz CT molecular complexity index is 1140. The van der Waals surface area contributed by atoms with Crippen LogP contribution in [0.1, 0.15) is 0 Å². The number of carbonyl (C=O) groups excluding carboxylic acids is 2. The predicted molar refractivity (Wildman–Crippen MR) is 131 cm³/mol. The average molecular weight is 656 g/mol. The second-order valence-corrected chi connectivity index (χ2v) is 9.52. The number of amides is 2. The van der Waals surface area contributed by atoms with E-state index in [-0.39, 0.29) is 24.0 Å². The summed E-state index contributed by atoms with van der Waals surface area (Å²) < 4.78 is 13.1. The van der Waals surface area contributed by atoms with Gasteiger partial charge in [-0.3, -0.25) is 20.4 Å². The zero-order chi connectivity index (χ0) is 22.5. The second-order valence-electron chi connectivity index (χ2n) is 6.12. The van der Waals surface area contributed by atoms with E-state index in [1.165, 1.54) is 6.07 Å². The summed E-state index contributed by atoms with van der Waals surface area (Å²) in [5.41, 5.74) is 4.51. The minimum Gasteiger partial charge on any atom is -0.483 e. The Balaban J connectivity index is 1.48. The molecule has 0 radical (unpaired) electrons. The standard InChI is InChI=1S/C20H13Br3Cl2N2O4/c21-11-2-3-13-10(5-11)1-4-16(19(13)23)30-8-17(28)26-27-18(29)9-31-20-14(22)6-12(24)7-15(20)25/h1-7H,8-9H2,(H,26,28)(H,27,29). The Morgan fingerprint density at radius 2 is 1.55 bits per heavy atom. The van der Waals surface area contributed by atoms with Gasteiger partial charge in [-0.2, -0.15) is 0 Å². The molecule has 2 amide bonds. The zero-order valence-corrected chi connectivity index (χ0v) is 21.7. The Hall–Kier alpha value is -1.52.